The molecule has 0 atom stereocenters. The van der Waals surface area contributed by atoms with Crippen LogP contribution in [0.25, 0.3) is 20.8 Å². The van der Waals surface area contributed by atoms with Gasteiger partial charge < -0.3 is 10.6 Å². The topological polar surface area (TPSA) is 71.1 Å². The summed E-state index contributed by atoms with van der Waals surface area (Å²) in [4.78, 5) is 28.8. The molecule has 0 fully saturated rings. The molecular weight excluding hydrogens is 418 g/mol. The molecule has 0 saturated heterocycles. The third kappa shape index (κ3) is 4.67. The molecule has 0 saturated carbocycles. The molecule has 0 aliphatic carbocycles. The molecule has 1 aromatic heterocycles. The summed E-state index contributed by atoms with van der Waals surface area (Å²) in [5.41, 5.74) is 4.53. The van der Waals surface area contributed by atoms with Gasteiger partial charge in [0.25, 0.3) is 0 Å². The van der Waals surface area contributed by atoms with Crippen LogP contribution in [-0.4, -0.2) is 16.8 Å². The number of amides is 2. The van der Waals surface area contributed by atoms with Gasteiger partial charge >= 0.3 is 11.8 Å². The first kappa shape index (κ1) is 20.1. The van der Waals surface area contributed by atoms with Crippen molar-refractivity contribution in [2.45, 2.75) is 13.5 Å². The number of nitrogens with one attached hydrogen (secondary N) is 2. The fourth-order valence-corrected chi connectivity index (χ4v) is 4.10. The van der Waals surface area contributed by atoms with Crippen molar-refractivity contribution in [3.05, 3.63) is 82.9 Å². The summed E-state index contributed by atoms with van der Waals surface area (Å²) in [5, 5.41) is 6.73. The lowest BCUT2D eigenvalue weighted by atomic mass is 10.2. The quantitative estimate of drug-likeness (QED) is 0.434. The summed E-state index contributed by atoms with van der Waals surface area (Å²) in [6.07, 6.45) is 0. The summed E-state index contributed by atoms with van der Waals surface area (Å²) in [6, 6.07) is 20.5. The van der Waals surface area contributed by atoms with Gasteiger partial charge in [-0.05, 0) is 66.6 Å². The van der Waals surface area contributed by atoms with Gasteiger partial charge in [-0.1, -0.05) is 29.8 Å². The van der Waals surface area contributed by atoms with Gasteiger partial charge in [-0.15, -0.1) is 11.3 Å². The Kier molecular flexibility index (Phi) is 5.79. The first-order valence-corrected chi connectivity index (χ1v) is 10.5. The number of carbonyl (C=O) groups excluding carboxylic acids is 2. The number of thiazole rings is 1. The van der Waals surface area contributed by atoms with Crippen molar-refractivity contribution in [1.29, 1.82) is 0 Å². The number of rotatable bonds is 4. The van der Waals surface area contributed by atoms with E-state index in [0.717, 1.165) is 26.4 Å². The second-order valence-corrected chi connectivity index (χ2v) is 8.30. The van der Waals surface area contributed by atoms with Crippen LogP contribution in [0.15, 0.2) is 66.7 Å². The highest BCUT2D eigenvalue weighted by Gasteiger charge is 2.14. The third-order valence-electron chi connectivity index (χ3n) is 4.51. The van der Waals surface area contributed by atoms with Crippen LogP contribution in [0.3, 0.4) is 0 Å². The molecule has 4 rings (SSSR count). The SMILES string of the molecule is Cc1ccc2nc(-c3ccc(NC(=O)C(=O)NCc4ccc(Cl)cc4)cc3)sc2c1. The summed E-state index contributed by atoms with van der Waals surface area (Å²) >= 11 is 7.46. The molecule has 0 unspecified atom stereocenters. The Hall–Kier alpha value is -3.22. The van der Waals surface area contributed by atoms with Crippen LogP contribution >= 0.6 is 22.9 Å². The Labute approximate surface area is 182 Å². The molecule has 3 aromatic carbocycles. The number of aryl methyl sites for hydroxylation is 1. The second-order valence-electron chi connectivity index (χ2n) is 6.83. The fraction of sp³-hybridized carbons (Fsp3) is 0.0870. The van der Waals surface area contributed by atoms with Gasteiger partial charge in [-0.25, -0.2) is 4.98 Å². The van der Waals surface area contributed by atoms with Crippen molar-refractivity contribution in [3.8, 4) is 10.6 Å². The first-order valence-electron chi connectivity index (χ1n) is 9.29. The van der Waals surface area contributed by atoms with Crippen molar-refractivity contribution in [2.24, 2.45) is 0 Å². The number of anilines is 1. The van der Waals surface area contributed by atoms with Crippen LogP contribution in [0.4, 0.5) is 5.69 Å². The summed E-state index contributed by atoms with van der Waals surface area (Å²) in [5.74, 6) is -1.41. The van der Waals surface area contributed by atoms with Crippen molar-refractivity contribution in [2.75, 3.05) is 5.32 Å². The standard InChI is InChI=1S/C23H18ClN3O2S/c1-14-2-11-19-20(12-14)30-23(27-19)16-5-9-18(10-6-16)26-22(29)21(28)25-13-15-3-7-17(24)8-4-15/h2-12H,13H2,1H3,(H,25,28)(H,26,29). The van der Waals surface area contributed by atoms with Gasteiger partial charge in [0.05, 0.1) is 10.2 Å². The van der Waals surface area contributed by atoms with Gasteiger partial charge in [0.2, 0.25) is 0 Å². The molecule has 150 valence electrons. The van der Waals surface area contributed by atoms with Crippen LogP contribution in [0, 0.1) is 6.92 Å². The Morgan fingerprint density at radius 3 is 2.43 bits per heavy atom. The molecule has 5 nitrogen and oxygen atoms in total. The van der Waals surface area contributed by atoms with Crippen molar-refractivity contribution in [1.82, 2.24) is 10.3 Å². The molecule has 4 aromatic rings. The summed E-state index contributed by atoms with van der Waals surface area (Å²) in [6.45, 7) is 2.31. The lowest BCUT2D eigenvalue weighted by Gasteiger charge is -2.07. The van der Waals surface area contributed by atoms with E-state index in [0.29, 0.717) is 10.7 Å². The maximum atomic E-state index is 12.1. The van der Waals surface area contributed by atoms with Gasteiger partial charge in [-0.2, -0.15) is 0 Å². The van der Waals surface area contributed by atoms with Gasteiger partial charge in [0.1, 0.15) is 5.01 Å². The highest BCUT2D eigenvalue weighted by molar-refractivity contribution is 7.21. The molecule has 30 heavy (non-hydrogen) atoms. The normalized spacial score (nSPS) is 10.7. The zero-order valence-electron chi connectivity index (χ0n) is 16.1. The van der Waals surface area contributed by atoms with Crippen LogP contribution < -0.4 is 10.6 Å². The summed E-state index contributed by atoms with van der Waals surface area (Å²) in [7, 11) is 0. The van der Waals surface area contributed by atoms with E-state index in [1.165, 1.54) is 5.56 Å². The molecule has 0 spiro atoms. The number of aromatic nitrogens is 1. The monoisotopic (exact) mass is 435 g/mol. The number of fused-ring (bicyclic) bond motifs is 1. The lowest BCUT2D eigenvalue weighted by molar-refractivity contribution is -0.136. The third-order valence-corrected chi connectivity index (χ3v) is 5.83. The number of carbonyl (C=O) groups is 2. The maximum Gasteiger partial charge on any atom is 0.313 e. The average molecular weight is 436 g/mol. The second kappa shape index (κ2) is 8.65. The molecule has 1 heterocycles. The predicted octanol–water partition coefficient (Wildman–Crippen LogP) is 5.18. The fourth-order valence-electron chi connectivity index (χ4n) is 2.90. The van der Waals surface area contributed by atoms with E-state index in [-0.39, 0.29) is 6.54 Å². The Morgan fingerprint density at radius 2 is 1.70 bits per heavy atom. The highest BCUT2D eigenvalue weighted by atomic mass is 35.5. The largest absolute Gasteiger partial charge is 0.344 e. The maximum absolute atomic E-state index is 12.1. The molecule has 0 aliphatic heterocycles. The van der Waals surface area contributed by atoms with E-state index in [1.807, 2.05) is 24.3 Å². The number of benzene rings is 3. The van der Waals surface area contributed by atoms with Gasteiger partial charge in [-0.3, -0.25) is 9.59 Å². The first-order chi connectivity index (χ1) is 14.5. The average Bonchev–Trinajstić information content (AvgIpc) is 3.16. The Balaban J connectivity index is 1.37. The molecule has 2 N–H and O–H groups in total. The van der Waals surface area contributed by atoms with Crippen LogP contribution in [-0.2, 0) is 16.1 Å². The summed E-state index contributed by atoms with van der Waals surface area (Å²) < 4.78 is 1.14. The molecule has 0 bridgehead atoms. The number of nitrogens with zero attached hydrogens (tertiary/aromatic N) is 1. The van der Waals surface area contributed by atoms with E-state index >= 15 is 0 Å². The van der Waals surface area contributed by atoms with Crippen LogP contribution in [0.5, 0.6) is 0 Å². The zero-order valence-corrected chi connectivity index (χ0v) is 17.7. The van der Waals surface area contributed by atoms with E-state index in [9.17, 15) is 9.59 Å². The zero-order chi connectivity index (χ0) is 21.1. The number of hydrogen-bond donors (Lipinski definition) is 2. The van der Waals surface area contributed by atoms with Gasteiger partial charge in [0, 0.05) is 22.8 Å². The molecule has 7 heteroatoms. The van der Waals surface area contributed by atoms with Gasteiger partial charge in [0.15, 0.2) is 0 Å². The van der Waals surface area contributed by atoms with E-state index in [1.54, 1.807) is 47.7 Å². The van der Waals surface area contributed by atoms with Crippen molar-refractivity contribution in [3.63, 3.8) is 0 Å². The minimum absolute atomic E-state index is 0.249. The molecule has 2 amide bonds. The smallest absolute Gasteiger partial charge is 0.313 e. The minimum Gasteiger partial charge on any atom is -0.344 e. The minimum atomic E-state index is -0.716. The molecular formula is C23H18ClN3O2S. The van der Waals surface area contributed by atoms with E-state index in [4.69, 9.17) is 11.6 Å². The van der Waals surface area contributed by atoms with Crippen LogP contribution in [0.2, 0.25) is 5.02 Å². The predicted molar refractivity (Wildman–Crippen MR) is 122 cm³/mol. The van der Waals surface area contributed by atoms with E-state index < -0.39 is 11.8 Å². The Morgan fingerprint density at radius 1 is 0.967 bits per heavy atom. The van der Waals surface area contributed by atoms with E-state index in [2.05, 4.69) is 28.6 Å². The van der Waals surface area contributed by atoms with Crippen molar-refractivity contribution < 1.29 is 9.59 Å². The number of hydrogen-bond acceptors (Lipinski definition) is 4. The number of halogens is 1. The molecule has 0 radical (unpaired) electrons. The van der Waals surface area contributed by atoms with Crippen LogP contribution in [0.1, 0.15) is 11.1 Å². The Bertz CT molecular complexity index is 1220. The van der Waals surface area contributed by atoms with Crippen molar-refractivity contribution >= 4 is 50.7 Å². The lowest BCUT2D eigenvalue weighted by Crippen LogP contribution is -2.34. The molecule has 0 aliphatic rings. The highest BCUT2D eigenvalue weighted by Crippen LogP contribution is 2.31.